The first-order valence-corrected chi connectivity index (χ1v) is 6.64. The Morgan fingerprint density at radius 1 is 1.50 bits per heavy atom. The molecule has 3 heteroatoms. The summed E-state index contributed by atoms with van der Waals surface area (Å²) in [4.78, 5) is 2.48. The van der Waals surface area contributed by atoms with Gasteiger partial charge in [0.05, 0.1) is 6.61 Å². The molecule has 0 bridgehead atoms. The van der Waals surface area contributed by atoms with Crippen molar-refractivity contribution in [3.8, 4) is 0 Å². The van der Waals surface area contributed by atoms with Gasteiger partial charge in [0.1, 0.15) is 0 Å². The van der Waals surface area contributed by atoms with Crippen molar-refractivity contribution in [2.75, 3.05) is 20.2 Å². The number of hydrogen-bond donors (Lipinski definition) is 2. The third-order valence-corrected chi connectivity index (χ3v) is 4.59. The number of aliphatic hydroxyl groups is 1. The van der Waals surface area contributed by atoms with Crippen molar-refractivity contribution < 1.29 is 5.11 Å². The first kappa shape index (κ1) is 12.3. The summed E-state index contributed by atoms with van der Waals surface area (Å²) in [5.41, 5.74) is 5.87. The number of nitrogens with two attached hydrogens (primary N) is 1. The monoisotopic (exact) mass is 226 g/mol. The van der Waals surface area contributed by atoms with Gasteiger partial charge in [-0.2, -0.15) is 0 Å². The van der Waals surface area contributed by atoms with E-state index < -0.39 is 0 Å². The number of nitrogens with zero attached hydrogens (tertiary/aromatic N) is 1. The minimum Gasteiger partial charge on any atom is -0.394 e. The van der Waals surface area contributed by atoms with Crippen LogP contribution < -0.4 is 5.73 Å². The van der Waals surface area contributed by atoms with Crippen LogP contribution in [0.5, 0.6) is 0 Å². The molecule has 0 heterocycles. The molecule has 0 aliphatic heterocycles. The summed E-state index contributed by atoms with van der Waals surface area (Å²) >= 11 is 0. The average molecular weight is 226 g/mol. The normalized spacial score (nSPS) is 43.7. The Labute approximate surface area is 99.0 Å². The molecule has 3 nitrogen and oxygen atoms in total. The van der Waals surface area contributed by atoms with Crippen LogP contribution in [0.15, 0.2) is 0 Å². The fraction of sp³-hybridized carbons (Fsp3) is 1.00. The molecule has 2 aliphatic rings. The molecular formula is C13H26N2O. The van der Waals surface area contributed by atoms with Gasteiger partial charge >= 0.3 is 0 Å². The third kappa shape index (κ3) is 2.76. The lowest BCUT2D eigenvalue weighted by atomic mass is 9.80. The van der Waals surface area contributed by atoms with Gasteiger partial charge in [-0.25, -0.2) is 0 Å². The molecule has 2 aliphatic carbocycles. The number of aliphatic hydroxyl groups excluding tert-OH is 1. The van der Waals surface area contributed by atoms with Gasteiger partial charge in [0, 0.05) is 18.1 Å². The van der Waals surface area contributed by atoms with Crippen LogP contribution in [0.2, 0.25) is 0 Å². The second kappa shape index (κ2) is 4.63. The van der Waals surface area contributed by atoms with Crippen molar-refractivity contribution in [2.45, 2.75) is 50.6 Å². The smallest absolute Gasteiger partial charge is 0.0611 e. The first-order valence-electron chi connectivity index (χ1n) is 6.64. The van der Waals surface area contributed by atoms with E-state index in [1.54, 1.807) is 0 Å². The van der Waals surface area contributed by atoms with Crippen LogP contribution in [0, 0.1) is 11.8 Å². The topological polar surface area (TPSA) is 49.5 Å². The maximum Gasteiger partial charge on any atom is 0.0611 e. The van der Waals surface area contributed by atoms with E-state index in [1.807, 2.05) is 0 Å². The van der Waals surface area contributed by atoms with E-state index in [-0.39, 0.29) is 12.1 Å². The molecule has 0 radical (unpaired) electrons. The molecule has 0 spiro atoms. The van der Waals surface area contributed by atoms with Gasteiger partial charge in [0.2, 0.25) is 0 Å². The molecule has 0 amide bonds. The van der Waals surface area contributed by atoms with Gasteiger partial charge in [-0.3, -0.25) is 0 Å². The van der Waals surface area contributed by atoms with Crippen molar-refractivity contribution in [1.82, 2.24) is 4.90 Å². The van der Waals surface area contributed by atoms with Crippen LogP contribution in [0.4, 0.5) is 0 Å². The Morgan fingerprint density at radius 3 is 2.75 bits per heavy atom. The molecule has 16 heavy (non-hydrogen) atoms. The Hall–Kier alpha value is -0.120. The van der Waals surface area contributed by atoms with E-state index in [1.165, 1.54) is 19.4 Å². The molecule has 0 saturated heterocycles. The minimum atomic E-state index is -0.313. The molecular weight excluding hydrogens is 200 g/mol. The lowest BCUT2D eigenvalue weighted by molar-refractivity contribution is 0.0918. The molecule has 2 saturated carbocycles. The lowest BCUT2D eigenvalue weighted by Crippen LogP contribution is -2.52. The first-order chi connectivity index (χ1) is 7.54. The van der Waals surface area contributed by atoms with Crippen molar-refractivity contribution in [3.05, 3.63) is 0 Å². The van der Waals surface area contributed by atoms with Gasteiger partial charge < -0.3 is 15.7 Å². The van der Waals surface area contributed by atoms with Crippen LogP contribution in [0.25, 0.3) is 0 Å². The summed E-state index contributed by atoms with van der Waals surface area (Å²) in [6.45, 7) is 3.69. The summed E-state index contributed by atoms with van der Waals surface area (Å²) in [6, 6.07) is 0.582. The zero-order valence-electron chi connectivity index (χ0n) is 10.7. The van der Waals surface area contributed by atoms with Crippen LogP contribution in [-0.2, 0) is 0 Å². The second-order valence-corrected chi connectivity index (χ2v) is 6.18. The standard InChI is InChI=1S/C13H26N2O/c1-10-6-11(10)8-15(2)12-4-3-5-13(14,7-12)9-16/h10-12,16H,3-9,14H2,1-2H3. The predicted molar refractivity (Wildman–Crippen MR) is 66.2 cm³/mol. The highest BCUT2D eigenvalue weighted by Crippen LogP contribution is 2.39. The zero-order chi connectivity index (χ0) is 11.8. The van der Waals surface area contributed by atoms with Gasteiger partial charge in [-0.15, -0.1) is 0 Å². The molecule has 4 atom stereocenters. The summed E-state index contributed by atoms with van der Waals surface area (Å²) in [5, 5.41) is 9.34. The SMILES string of the molecule is CC1CC1CN(C)C1CCCC(N)(CO)C1. The van der Waals surface area contributed by atoms with Gasteiger partial charge in [-0.05, 0) is 51.0 Å². The highest BCUT2D eigenvalue weighted by Gasteiger charge is 2.38. The lowest BCUT2D eigenvalue weighted by Gasteiger charge is -2.40. The van der Waals surface area contributed by atoms with E-state index >= 15 is 0 Å². The summed E-state index contributed by atoms with van der Waals surface area (Å²) in [5.74, 6) is 1.83. The van der Waals surface area contributed by atoms with E-state index in [0.717, 1.165) is 31.1 Å². The molecule has 4 unspecified atom stereocenters. The third-order valence-electron chi connectivity index (χ3n) is 4.59. The van der Waals surface area contributed by atoms with E-state index in [2.05, 4.69) is 18.9 Å². The van der Waals surface area contributed by atoms with Gasteiger partial charge in [0.15, 0.2) is 0 Å². The molecule has 2 fully saturated rings. The summed E-state index contributed by atoms with van der Waals surface area (Å²) < 4.78 is 0. The summed E-state index contributed by atoms with van der Waals surface area (Å²) in [6.07, 6.45) is 5.74. The van der Waals surface area contributed by atoms with E-state index in [4.69, 9.17) is 5.73 Å². The summed E-state index contributed by atoms with van der Waals surface area (Å²) in [7, 11) is 2.22. The molecule has 0 aromatic carbocycles. The Kier molecular flexibility index (Phi) is 3.57. The highest BCUT2D eigenvalue weighted by atomic mass is 16.3. The number of rotatable bonds is 4. The number of hydrogen-bond acceptors (Lipinski definition) is 3. The quantitative estimate of drug-likeness (QED) is 0.757. The average Bonchev–Trinajstić information content (AvgIpc) is 2.94. The maximum absolute atomic E-state index is 9.34. The molecule has 94 valence electrons. The van der Waals surface area contributed by atoms with Crippen LogP contribution in [0.3, 0.4) is 0 Å². The zero-order valence-corrected chi connectivity index (χ0v) is 10.7. The Balaban J connectivity index is 1.83. The molecule has 2 rings (SSSR count). The maximum atomic E-state index is 9.34. The fourth-order valence-corrected chi connectivity index (χ4v) is 3.06. The van der Waals surface area contributed by atoms with Crippen LogP contribution in [-0.4, -0.2) is 41.8 Å². The molecule has 0 aromatic heterocycles. The van der Waals surface area contributed by atoms with Crippen LogP contribution >= 0.6 is 0 Å². The van der Waals surface area contributed by atoms with E-state index in [0.29, 0.717) is 6.04 Å². The van der Waals surface area contributed by atoms with Gasteiger partial charge in [-0.1, -0.05) is 6.92 Å². The fourth-order valence-electron chi connectivity index (χ4n) is 3.06. The predicted octanol–water partition coefficient (Wildman–Crippen LogP) is 1.21. The van der Waals surface area contributed by atoms with Crippen molar-refractivity contribution in [1.29, 1.82) is 0 Å². The molecule has 3 N–H and O–H groups in total. The van der Waals surface area contributed by atoms with Crippen molar-refractivity contribution in [2.24, 2.45) is 17.6 Å². The van der Waals surface area contributed by atoms with Crippen molar-refractivity contribution >= 4 is 0 Å². The Bertz CT molecular complexity index is 246. The van der Waals surface area contributed by atoms with E-state index in [9.17, 15) is 5.11 Å². The van der Waals surface area contributed by atoms with Crippen LogP contribution in [0.1, 0.15) is 39.0 Å². The largest absolute Gasteiger partial charge is 0.394 e. The van der Waals surface area contributed by atoms with Crippen molar-refractivity contribution in [3.63, 3.8) is 0 Å². The Morgan fingerprint density at radius 2 is 2.19 bits per heavy atom. The van der Waals surface area contributed by atoms with Gasteiger partial charge in [0.25, 0.3) is 0 Å². The second-order valence-electron chi connectivity index (χ2n) is 6.18. The highest BCUT2D eigenvalue weighted by molar-refractivity contribution is 4.94. The molecule has 0 aromatic rings. The minimum absolute atomic E-state index is 0.136.